The van der Waals surface area contributed by atoms with Crippen LogP contribution in [0.5, 0.6) is 0 Å². The van der Waals surface area contributed by atoms with Crippen LogP contribution in [0.15, 0.2) is 0 Å². The summed E-state index contributed by atoms with van der Waals surface area (Å²) in [6.07, 6.45) is 2.66. The molecule has 0 spiro atoms. The molecule has 0 amide bonds. The zero-order valence-electron chi connectivity index (χ0n) is 6.44. The SMILES string of the molecule is C.CCC(C)CC.CO. The van der Waals surface area contributed by atoms with E-state index in [0.717, 1.165) is 13.0 Å². The maximum Gasteiger partial charge on any atom is 0.0319 e. The summed E-state index contributed by atoms with van der Waals surface area (Å²) in [6, 6.07) is 0. The van der Waals surface area contributed by atoms with E-state index in [4.69, 9.17) is 5.11 Å². The highest BCUT2D eigenvalue weighted by Crippen LogP contribution is 2.02. The lowest BCUT2D eigenvalue weighted by atomic mass is 10.1. The summed E-state index contributed by atoms with van der Waals surface area (Å²) in [5.74, 6) is 0.935. The molecule has 0 aromatic heterocycles. The fourth-order valence-corrected chi connectivity index (χ4v) is 0.289. The summed E-state index contributed by atoms with van der Waals surface area (Å²) in [4.78, 5) is 0. The van der Waals surface area contributed by atoms with Gasteiger partial charge >= 0.3 is 0 Å². The molecule has 0 saturated carbocycles. The molecular weight excluding hydrogens is 112 g/mol. The number of hydrogen-bond donors (Lipinski definition) is 1. The van der Waals surface area contributed by atoms with E-state index in [1.165, 1.54) is 12.8 Å². The van der Waals surface area contributed by atoms with Crippen LogP contribution in [-0.2, 0) is 0 Å². The molecule has 0 aliphatic rings. The highest BCUT2D eigenvalue weighted by molar-refractivity contribution is 4.41. The van der Waals surface area contributed by atoms with Crippen molar-refractivity contribution in [3.8, 4) is 0 Å². The van der Waals surface area contributed by atoms with Crippen LogP contribution >= 0.6 is 0 Å². The van der Waals surface area contributed by atoms with E-state index >= 15 is 0 Å². The van der Waals surface area contributed by atoms with Crippen molar-refractivity contribution in [1.82, 2.24) is 0 Å². The van der Waals surface area contributed by atoms with Crippen molar-refractivity contribution in [3.63, 3.8) is 0 Å². The summed E-state index contributed by atoms with van der Waals surface area (Å²) in [7, 11) is 1.00. The third-order valence-electron chi connectivity index (χ3n) is 1.39. The highest BCUT2D eigenvalue weighted by atomic mass is 16.2. The van der Waals surface area contributed by atoms with Gasteiger partial charge in [-0.1, -0.05) is 41.0 Å². The standard InChI is InChI=1S/C6H14.CH4O.CH4/c1-4-6(3)5-2;1-2;/h6H,4-5H2,1-3H3;2H,1H3;1H4. The summed E-state index contributed by atoms with van der Waals surface area (Å²) in [5, 5.41) is 7.00. The maximum atomic E-state index is 7.00. The van der Waals surface area contributed by atoms with Crippen LogP contribution < -0.4 is 0 Å². The van der Waals surface area contributed by atoms with Crippen molar-refractivity contribution < 1.29 is 5.11 Å². The van der Waals surface area contributed by atoms with Gasteiger partial charge in [0.25, 0.3) is 0 Å². The van der Waals surface area contributed by atoms with Gasteiger partial charge in [-0.05, 0) is 5.92 Å². The molecule has 1 nitrogen and oxygen atoms in total. The Hall–Kier alpha value is -0.0400. The van der Waals surface area contributed by atoms with Crippen LogP contribution in [0.4, 0.5) is 0 Å². The Morgan fingerprint density at radius 3 is 1.33 bits per heavy atom. The first-order valence-corrected chi connectivity index (χ1v) is 3.26. The number of aliphatic hydroxyl groups excluding tert-OH is 1. The zero-order valence-corrected chi connectivity index (χ0v) is 6.44. The van der Waals surface area contributed by atoms with Gasteiger partial charge in [-0.15, -0.1) is 0 Å². The Balaban J connectivity index is -0.000000109. The molecule has 60 valence electrons. The monoisotopic (exact) mass is 134 g/mol. The summed E-state index contributed by atoms with van der Waals surface area (Å²) < 4.78 is 0. The minimum absolute atomic E-state index is 0. The van der Waals surface area contributed by atoms with Gasteiger partial charge in [0.05, 0.1) is 0 Å². The van der Waals surface area contributed by atoms with Gasteiger partial charge in [0.15, 0.2) is 0 Å². The Labute approximate surface area is 60.1 Å². The van der Waals surface area contributed by atoms with Gasteiger partial charge in [0.1, 0.15) is 0 Å². The van der Waals surface area contributed by atoms with Crippen LogP contribution in [0.25, 0.3) is 0 Å². The molecule has 0 atom stereocenters. The van der Waals surface area contributed by atoms with E-state index in [1.807, 2.05) is 0 Å². The first-order chi connectivity index (χ1) is 3.81. The molecule has 1 N–H and O–H groups in total. The van der Waals surface area contributed by atoms with E-state index in [1.54, 1.807) is 0 Å². The Morgan fingerprint density at radius 1 is 1.11 bits per heavy atom. The van der Waals surface area contributed by atoms with Gasteiger partial charge in [-0.2, -0.15) is 0 Å². The van der Waals surface area contributed by atoms with E-state index in [2.05, 4.69) is 20.8 Å². The first kappa shape index (κ1) is 16.0. The molecule has 0 bridgehead atoms. The molecule has 0 rings (SSSR count). The lowest BCUT2D eigenvalue weighted by Crippen LogP contribution is -1.85. The molecule has 0 aliphatic carbocycles. The van der Waals surface area contributed by atoms with Crippen LogP contribution in [-0.4, -0.2) is 12.2 Å². The predicted molar refractivity (Wildman–Crippen MR) is 44.6 cm³/mol. The minimum Gasteiger partial charge on any atom is -0.400 e. The molecule has 0 aromatic carbocycles. The molecule has 0 unspecified atom stereocenters. The number of hydrogen-bond acceptors (Lipinski definition) is 1. The van der Waals surface area contributed by atoms with Gasteiger partial charge in [-0.3, -0.25) is 0 Å². The molecule has 0 heterocycles. The van der Waals surface area contributed by atoms with Crippen molar-refractivity contribution in [1.29, 1.82) is 0 Å². The molecular formula is C8H22O. The number of aliphatic hydroxyl groups is 1. The normalized spacial score (nSPS) is 7.33. The van der Waals surface area contributed by atoms with E-state index in [-0.39, 0.29) is 7.43 Å². The smallest absolute Gasteiger partial charge is 0.0319 e. The Kier molecular flexibility index (Phi) is 27.8. The second-order valence-electron chi connectivity index (χ2n) is 1.92. The highest BCUT2D eigenvalue weighted by Gasteiger charge is 1.88. The quantitative estimate of drug-likeness (QED) is 0.615. The van der Waals surface area contributed by atoms with Gasteiger partial charge in [0, 0.05) is 7.11 Å². The van der Waals surface area contributed by atoms with Crippen molar-refractivity contribution in [3.05, 3.63) is 0 Å². The average molecular weight is 134 g/mol. The van der Waals surface area contributed by atoms with Gasteiger partial charge in [0.2, 0.25) is 0 Å². The van der Waals surface area contributed by atoms with Crippen molar-refractivity contribution >= 4 is 0 Å². The topological polar surface area (TPSA) is 20.2 Å². The second-order valence-corrected chi connectivity index (χ2v) is 1.92. The number of rotatable bonds is 2. The predicted octanol–water partition coefficient (Wildman–Crippen LogP) is 2.69. The molecule has 0 aromatic rings. The Morgan fingerprint density at radius 2 is 1.33 bits per heavy atom. The van der Waals surface area contributed by atoms with Crippen LogP contribution in [0.3, 0.4) is 0 Å². The van der Waals surface area contributed by atoms with Crippen LogP contribution in [0, 0.1) is 5.92 Å². The molecule has 0 radical (unpaired) electrons. The summed E-state index contributed by atoms with van der Waals surface area (Å²) >= 11 is 0. The molecule has 9 heavy (non-hydrogen) atoms. The first-order valence-electron chi connectivity index (χ1n) is 3.26. The second kappa shape index (κ2) is 15.7. The molecule has 0 fully saturated rings. The van der Waals surface area contributed by atoms with Gasteiger partial charge in [-0.25, -0.2) is 0 Å². The van der Waals surface area contributed by atoms with E-state index in [0.29, 0.717) is 0 Å². The van der Waals surface area contributed by atoms with E-state index < -0.39 is 0 Å². The summed E-state index contributed by atoms with van der Waals surface area (Å²) in [5.41, 5.74) is 0. The van der Waals surface area contributed by atoms with Gasteiger partial charge < -0.3 is 5.11 Å². The Bertz CT molecular complexity index is 23.7. The fraction of sp³-hybridized carbons (Fsp3) is 1.00. The minimum atomic E-state index is 0. The lowest BCUT2D eigenvalue weighted by molar-refractivity contribution is 0.399. The van der Waals surface area contributed by atoms with E-state index in [9.17, 15) is 0 Å². The maximum absolute atomic E-state index is 7.00. The van der Waals surface area contributed by atoms with Crippen LogP contribution in [0.2, 0.25) is 0 Å². The van der Waals surface area contributed by atoms with Crippen molar-refractivity contribution in [2.45, 2.75) is 41.0 Å². The van der Waals surface area contributed by atoms with Crippen molar-refractivity contribution in [2.24, 2.45) is 5.92 Å². The molecule has 0 aliphatic heterocycles. The fourth-order valence-electron chi connectivity index (χ4n) is 0.289. The largest absolute Gasteiger partial charge is 0.400 e. The third-order valence-corrected chi connectivity index (χ3v) is 1.39. The molecule has 0 saturated heterocycles. The third kappa shape index (κ3) is 18.0. The van der Waals surface area contributed by atoms with Crippen molar-refractivity contribution in [2.75, 3.05) is 7.11 Å². The lowest BCUT2D eigenvalue weighted by Gasteiger charge is -1.98. The van der Waals surface area contributed by atoms with Crippen LogP contribution in [0.1, 0.15) is 41.0 Å². The molecule has 1 heteroatoms. The zero-order chi connectivity index (χ0) is 6.99. The average Bonchev–Trinajstić information content (AvgIpc) is 1.91. The summed E-state index contributed by atoms with van der Waals surface area (Å²) in [6.45, 7) is 6.74.